The summed E-state index contributed by atoms with van der Waals surface area (Å²) >= 11 is 0. The van der Waals surface area contributed by atoms with Crippen molar-refractivity contribution < 1.29 is 4.79 Å². The van der Waals surface area contributed by atoms with Crippen molar-refractivity contribution in [1.82, 2.24) is 10.2 Å². The average Bonchev–Trinajstić information content (AvgIpc) is 2.99. The van der Waals surface area contributed by atoms with Gasteiger partial charge in [0, 0.05) is 19.5 Å². The normalized spacial score (nSPS) is 17.9. The van der Waals surface area contributed by atoms with Crippen LogP contribution >= 0.6 is 0 Å². The maximum Gasteiger partial charge on any atom is 0.222 e. The monoisotopic (exact) mass is 198 g/mol. The van der Waals surface area contributed by atoms with Crippen LogP contribution in [0.1, 0.15) is 32.6 Å². The molecule has 0 aromatic carbocycles. The highest BCUT2D eigenvalue weighted by molar-refractivity contribution is 5.76. The molecule has 14 heavy (non-hydrogen) atoms. The van der Waals surface area contributed by atoms with Crippen LogP contribution in [0.25, 0.3) is 0 Å². The van der Waals surface area contributed by atoms with Gasteiger partial charge in [-0.25, -0.2) is 0 Å². The molecular weight excluding hydrogens is 176 g/mol. The van der Waals surface area contributed by atoms with E-state index in [1.165, 1.54) is 12.8 Å². The van der Waals surface area contributed by atoms with Crippen LogP contribution in [0, 0.1) is 5.92 Å². The van der Waals surface area contributed by atoms with Gasteiger partial charge in [0.15, 0.2) is 0 Å². The Hall–Kier alpha value is -0.570. The Morgan fingerprint density at radius 1 is 1.57 bits per heavy atom. The fourth-order valence-electron chi connectivity index (χ4n) is 1.71. The molecule has 82 valence electrons. The molecular formula is C11H22N2O. The maximum atomic E-state index is 11.7. The van der Waals surface area contributed by atoms with E-state index in [0.717, 1.165) is 18.9 Å². The molecule has 0 spiro atoms. The number of carbonyl (C=O) groups is 1. The molecule has 1 N–H and O–H groups in total. The lowest BCUT2D eigenvalue weighted by molar-refractivity contribution is -0.132. The predicted octanol–water partition coefficient (Wildman–Crippen LogP) is 1.24. The highest BCUT2D eigenvalue weighted by atomic mass is 16.2. The number of amides is 1. The standard InChI is InChI=1S/C11H22N2O/c1-9(10-6-7-10)13(3)11(14)5-4-8-12-2/h9-10,12H,4-8H2,1-3H3. The van der Waals surface area contributed by atoms with Crippen LogP contribution in [0.5, 0.6) is 0 Å². The first kappa shape index (κ1) is 11.5. The van der Waals surface area contributed by atoms with Crippen molar-refractivity contribution in [2.24, 2.45) is 5.92 Å². The highest BCUT2D eigenvalue weighted by Gasteiger charge is 2.31. The lowest BCUT2D eigenvalue weighted by Gasteiger charge is -2.24. The largest absolute Gasteiger partial charge is 0.343 e. The Kier molecular flexibility index (Phi) is 4.39. The van der Waals surface area contributed by atoms with Crippen LogP contribution in [0.3, 0.4) is 0 Å². The van der Waals surface area contributed by atoms with Crippen LogP contribution < -0.4 is 5.32 Å². The molecule has 0 aromatic rings. The zero-order chi connectivity index (χ0) is 10.6. The molecule has 0 heterocycles. The minimum atomic E-state index is 0.291. The first-order valence-corrected chi connectivity index (χ1v) is 5.57. The lowest BCUT2D eigenvalue weighted by atomic mass is 10.1. The molecule has 1 saturated carbocycles. The molecule has 0 aliphatic heterocycles. The van der Waals surface area contributed by atoms with Crippen molar-refractivity contribution in [3.63, 3.8) is 0 Å². The van der Waals surface area contributed by atoms with E-state index in [9.17, 15) is 4.79 Å². The summed E-state index contributed by atoms with van der Waals surface area (Å²) in [4.78, 5) is 13.6. The summed E-state index contributed by atoms with van der Waals surface area (Å²) in [6.45, 7) is 3.09. The number of hydrogen-bond acceptors (Lipinski definition) is 2. The van der Waals surface area contributed by atoms with Crippen LogP contribution in [-0.2, 0) is 4.79 Å². The number of nitrogens with one attached hydrogen (secondary N) is 1. The van der Waals surface area contributed by atoms with Gasteiger partial charge in [-0.1, -0.05) is 0 Å². The molecule has 1 unspecified atom stereocenters. The molecule has 1 rings (SSSR count). The highest BCUT2D eigenvalue weighted by Crippen LogP contribution is 2.34. The first-order valence-electron chi connectivity index (χ1n) is 5.57. The third kappa shape index (κ3) is 3.29. The van der Waals surface area contributed by atoms with Crippen molar-refractivity contribution in [2.75, 3.05) is 20.6 Å². The summed E-state index contributed by atoms with van der Waals surface area (Å²) in [6, 6.07) is 0.442. The van der Waals surface area contributed by atoms with Gasteiger partial charge in [0.1, 0.15) is 0 Å². The quantitative estimate of drug-likeness (QED) is 0.651. The Labute approximate surface area is 86.9 Å². The smallest absolute Gasteiger partial charge is 0.222 e. The second kappa shape index (κ2) is 5.35. The van der Waals surface area contributed by atoms with E-state index in [0.29, 0.717) is 18.4 Å². The Bertz CT molecular complexity index is 190. The van der Waals surface area contributed by atoms with E-state index in [1.54, 1.807) is 0 Å². The third-order valence-corrected chi connectivity index (χ3v) is 3.13. The van der Waals surface area contributed by atoms with Gasteiger partial charge in [0.2, 0.25) is 5.91 Å². The summed E-state index contributed by atoms with van der Waals surface area (Å²) in [5.41, 5.74) is 0. The Balaban J connectivity index is 2.20. The maximum absolute atomic E-state index is 11.7. The topological polar surface area (TPSA) is 32.3 Å². The Morgan fingerprint density at radius 2 is 2.21 bits per heavy atom. The van der Waals surface area contributed by atoms with E-state index < -0.39 is 0 Å². The fourth-order valence-corrected chi connectivity index (χ4v) is 1.71. The van der Waals surface area contributed by atoms with E-state index in [4.69, 9.17) is 0 Å². The summed E-state index contributed by atoms with van der Waals surface area (Å²) in [5, 5.41) is 3.06. The zero-order valence-electron chi connectivity index (χ0n) is 9.55. The molecule has 3 heteroatoms. The number of nitrogens with zero attached hydrogens (tertiary/aromatic N) is 1. The van der Waals surface area contributed by atoms with Crippen LogP contribution in [0.2, 0.25) is 0 Å². The summed E-state index contributed by atoms with van der Waals surface area (Å²) in [6.07, 6.45) is 4.22. The van der Waals surface area contributed by atoms with E-state index in [2.05, 4.69) is 12.2 Å². The number of carbonyl (C=O) groups excluding carboxylic acids is 1. The van der Waals surface area contributed by atoms with Crippen molar-refractivity contribution in [3.8, 4) is 0 Å². The molecule has 1 aliphatic rings. The van der Waals surface area contributed by atoms with Gasteiger partial charge in [-0.2, -0.15) is 0 Å². The van der Waals surface area contributed by atoms with Crippen molar-refractivity contribution in [2.45, 2.75) is 38.6 Å². The van der Waals surface area contributed by atoms with Gasteiger partial charge in [-0.3, -0.25) is 4.79 Å². The summed E-state index contributed by atoms with van der Waals surface area (Å²) in [5.74, 6) is 1.06. The SMILES string of the molecule is CNCCCC(=O)N(C)C(C)C1CC1. The second-order valence-corrected chi connectivity index (χ2v) is 4.29. The van der Waals surface area contributed by atoms with Crippen LogP contribution in [0.4, 0.5) is 0 Å². The first-order chi connectivity index (χ1) is 6.66. The Morgan fingerprint density at radius 3 is 2.71 bits per heavy atom. The molecule has 1 aliphatic carbocycles. The van der Waals surface area contributed by atoms with E-state index in [-0.39, 0.29) is 0 Å². The van der Waals surface area contributed by atoms with Gasteiger partial charge >= 0.3 is 0 Å². The molecule has 1 fully saturated rings. The molecule has 3 nitrogen and oxygen atoms in total. The molecule has 0 saturated heterocycles. The van der Waals surface area contributed by atoms with Crippen molar-refractivity contribution in [1.29, 1.82) is 0 Å². The summed E-state index contributed by atoms with van der Waals surface area (Å²) in [7, 11) is 3.85. The van der Waals surface area contributed by atoms with Gasteiger partial charge in [0.25, 0.3) is 0 Å². The summed E-state index contributed by atoms with van der Waals surface area (Å²) < 4.78 is 0. The molecule has 0 radical (unpaired) electrons. The van der Waals surface area contributed by atoms with Gasteiger partial charge in [-0.15, -0.1) is 0 Å². The molecule has 0 aromatic heterocycles. The van der Waals surface area contributed by atoms with Gasteiger partial charge in [-0.05, 0) is 45.7 Å². The lowest BCUT2D eigenvalue weighted by Crippen LogP contribution is -2.36. The van der Waals surface area contributed by atoms with Crippen molar-refractivity contribution >= 4 is 5.91 Å². The predicted molar refractivity (Wildman–Crippen MR) is 58.1 cm³/mol. The molecule has 0 bridgehead atoms. The van der Waals surface area contributed by atoms with Crippen molar-refractivity contribution in [3.05, 3.63) is 0 Å². The van der Waals surface area contributed by atoms with E-state index in [1.807, 2.05) is 19.0 Å². The minimum absolute atomic E-state index is 0.291. The number of hydrogen-bond donors (Lipinski definition) is 1. The van der Waals surface area contributed by atoms with Gasteiger partial charge < -0.3 is 10.2 Å². The molecule has 1 atom stereocenters. The van der Waals surface area contributed by atoms with E-state index >= 15 is 0 Å². The van der Waals surface area contributed by atoms with Gasteiger partial charge in [0.05, 0.1) is 0 Å². The zero-order valence-corrected chi connectivity index (χ0v) is 9.55. The third-order valence-electron chi connectivity index (χ3n) is 3.13. The minimum Gasteiger partial charge on any atom is -0.343 e. The second-order valence-electron chi connectivity index (χ2n) is 4.29. The fraction of sp³-hybridized carbons (Fsp3) is 0.909. The van der Waals surface area contributed by atoms with Crippen LogP contribution in [0.15, 0.2) is 0 Å². The molecule has 1 amide bonds. The average molecular weight is 198 g/mol. The van der Waals surface area contributed by atoms with Crippen LogP contribution in [-0.4, -0.2) is 37.5 Å². The number of rotatable bonds is 6.